The van der Waals surface area contributed by atoms with Crippen LogP contribution in [-0.4, -0.2) is 5.91 Å². The number of nitrogens with one attached hydrogen (secondary N) is 1. The minimum absolute atomic E-state index is 0.238. The van der Waals surface area contributed by atoms with E-state index in [2.05, 4.69) is 5.32 Å². The Bertz CT molecular complexity index is 558. The highest BCUT2D eigenvalue weighted by atomic mass is 35.5. The van der Waals surface area contributed by atoms with Gasteiger partial charge in [-0.15, -0.1) is 0 Å². The molecule has 0 aliphatic carbocycles. The molecule has 94 valence electrons. The van der Waals surface area contributed by atoms with Crippen LogP contribution in [0.5, 0.6) is 0 Å². The molecule has 0 bridgehead atoms. The molecule has 0 unspecified atom stereocenters. The number of hydrogen-bond donors (Lipinski definition) is 2. The number of nitrogens with two attached hydrogens (primary N) is 1. The molecule has 0 spiro atoms. The van der Waals surface area contributed by atoms with Gasteiger partial charge in [0.05, 0.1) is 6.54 Å². The Balaban J connectivity index is 2.03. The van der Waals surface area contributed by atoms with E-state index < -0.39 is 0 Å². The summed E-state index contributed by atoms with van der Waals surface area (Å²) >= 11 is 5.84. The lowest BCUT2D eigenvalue weighted by Crippen LogP contribution is -2.22. The summed E-state index contributed by atoms with van der Waals surface area (Å²) in [7, 11) is 0. The zero-order chi connectivity index (χ0) is 13.1. The number of anilines is 1. The summed E-state index contributed by atoms with van der Waals surface area (Å²) in [6.07, 6.45) is 0. The smallest absolute Gasteiger partial charge is 0.251 e. The van der Waals surface area contributed by atoms with Gasteiger partial charge in [0.2, 0.25) is 0 Å². The van der Waals surface area contributed by atoms with Crippen LogP contribution >= 0.6 is 11.6 Å². The number of rotatable bonds is 3. The fraction of sp³-hybridized carbons (Fsp3) is 0.154. The number of aryl methyl sites for hydroxylation is 1. The number of carbonyl (C=O) groups excluding carboxylic acids is 1. The Hall–Kier alpha value is -1.94. The molecule has 1 heterocycles. The number of carbonyl (C=O) groups is 1. The van der Waals surface area contributed by atoms with Crippen molar-refractivity contribution in [2.24, 2.45) is 0 Å². The van der Waals surface area contributed by atoms with Crippen molar-refractivity contribution in [2.45, 2.75) is 13.5 Å². The second-order valence-electron chi connectivity index (χ2n) is 3.97. The van der Waals surface area contributed by atoms with Crippen LogP contribution in [-0.2, 0) is 6.54 Å². The number of furan rings is 1. The minimum atomic E-state index is -0.238. The summed E-state index contributed by atoms with van der Waals surface area (Å²) in [6, 6.07) is 8.41. The lowest BCUT2D eigenvalue weighted by molar-refractivity contribution is 0.0948. The summed E-state index contributed by atoms with van der Waals surface area (Å²) in [4.78, 5) is 11.9. The molecule has 0 saturated heterocycles. The van der Waals surface area contributed by atoms with Crippen LogP contribution in [0.1, 0.15) is 21.9 Å². The molecule has 1 amide bonds. The topological polar surface area (TPSA) is 68.3 Å². The molecule has 1 aromatic heterocycles. The Morgan fingerprint density at radius 2 is 2.17 bits per heavy atom. The van der Waals surface area contributed by atoms with Crippen molar-refractivity contribution in [2.75, 3.05) is 5.73 Å². The van der Waals surface area contributed by atoms with Gasteiger partial charge in [0.1, 0.15) is 11.5 Å². The van der Waals surface area contributed by atoms with Crippen LogP contribution in [0.25, 0.3) is 0 Å². The third-order valence-electron chi connectivity index (χ3n) is 2.40. The van der Waals surface area contributed by atoms with Crippen LogP contribution in [0, 0.1) is 6.92 Å². The van der Waals surface area contributed by atoms with Crippen molar-refractivity contribution in [1.29, 1.82) is 0 Å². The van der Waals surface area contributed by atoms with Crippen molar-refractivity contribution in [1.82, 2.24) is 5.32 Å². The number of hydrogen-bond acceptors (Lipinski definition) is 3. The Morgan fingerprint density at radius 1 is 1.39 bits per heavy atom. The van der Waals surface area contributed by atoms with Crippen LogP contribution < -0.4 is 11.1 Å². The predicted octanol–water partition coefficient (Wildman–Crippen LogP) is 2.75. The van der Waals surface area contributed by atoms with E-state index in [1.165, 1.54) is 0 Å². The van der Waals surface area contributed by atoms with Gasteiger partial charge in [-0.2, -0.15) is 0 Å². The predicted molar refractivity (Wildman–Crippen MR) is 70.5 cm³/mol. The van der Waals surface area contributed by atoms with E-state index in [9.17, 15) is 4.79 Å². The van der Waals surface area contributed by atoms with E-state index in [0.29, 0.717) is 28.6 Å². The molecule has 4 nitrogen and oxygen atoms in total. The Kier molecular flexibility index (Phi) is 3.58. The maximum absolute atomic E-state index is 11.9. The molecule has 0 aliphatic rings. The molecule has 0 saturated carbocycles. The van der Waals surface area contributed by atoms with Gasteiger partial charge in [-0.25, -0.2) is 0 Å². The van der Waals surface area contributed by atoms with Gasteiger partial charge in [-0.3, -0.25) is 4.79 Å². The number of benzene rings is 1. The molecule has 0 radical (unpaired) electrons. The van der Waals surface area contributed by atoms with E-state index in [1.807, 2.05) is 19.1 Å². The molecule has 2 rings (SSSR count). The first-order valence-corrected chi connectivity index (χ1v) is 5.82. The van der Waals surface area contributed by atoms with Gasteiger partial charge < -0.3 is 15.5 Å². The molecule has 2 aromatic rings. The minimum Gasteiger partial charge on any atom is -0.465 e. The van der Waals surface area contributed by atoms with E-state index in [4.69, 9.17) is 21.8 Å². The van der Waals surface area contributed by atoms with Crippen LogP contribution in [0.2, 0.25) is 5.02 Å². The quantitative estimate of drug-likeness (QED) is 0.838. The van der Waals surface area contributed by atoms with E-state index in [0.717, 1.165) is 5.76 Å². The summed E-state index contributed by atoms with van der Waals surface area (Å²) in [5.74, 6) is 1.28. The first-order valence-electron chi connectivity index (χ1n) is 5.44. The largest absolute Gasteiger partial charge is 0.465 e. The zero-order valence-corrected chi connectivity index (χ0v) is 10.6. The fourth-order valence-corrected chi connectivity index (χ4v) is 1.84. The zero-order valence-electron chi connectivity index (χ0n) is 9.87. The molecule has 0 fully saturated rings. The van der Waals surface area contributed by atoms with E-state index in [1.54, 1.807) is 18.2 Å². The molecular formula is C13H13ClN2O2. The number of nitrogen functional groups attached to an aromatic ring is 1. The Labute approximate surface area is 110 Å². The first kappa shape index (κ1) is 12.5. The monoisotopic (exact) mass is 264 g/mol. The average Bonchev–Trinajstić information content (AvgIpc) is 2.70. The third-order valence-corrected chi connectivity index (χ3v) is 2.62. The van der Waals surface area contributed by atoms with Crippen molar-refractivity contribution in [3.8, 4) is 0 Å². The Morgan fingerprint density at radius 3 is 2.78 bits per heavy atom. The summed E-state index contributed by atoms with van der Waals surface area (Å²) < 4.78 is 5.35. The first-order chi connectivity index (χ1) is 8.54. The molecule has 1 aromatic carbocycles. The summed E-state index contributed by atoms with van der Waals surface area (Å²) in [5, 5.41) is 3.18. The molecular weight excluding hydrogens is 252 g/mol. The molecule has 3 N–H and O–H groups in total. The maximum Gasteiger partial charge on any atom is 0.251 e. The highest BCUT2D eigenvalue weighted by Crippen LogP contribution is 2.16. The van der Waals surface area contributed by atoms with Gasteiger partial charge in [0.15, 0.2) is 0 Å². The lowest BCUT2D eigenvalue weighted by Gasteiger charge is -2.05. The van der Waals surface area contributed by atoms with Crippen molar-refractivity contribution in [3.05, 3.63) is 52.4 Å². The van der Waals surface area contributed by atoms with Crippen LogP contribution in [0.3, 0.4) is 0 Å². The SMILES string of the molecule is Cc1ccc(CNC(=O)c2cc(N)cc(Cl)c2)o1. The summed E-state index contributed by atoms with van der Waals surface area (Å²) in [6.45, 7) is 2.18. The maximum atomic E-state index is 11.9. The van der Waals surface area contributed by atoms with Crippen molar-refractivity contribution in [3.63, 3.8) is 0 Å². The number of halogens is 1. The fourth-order valence-electron chi connectivity index (χ4n) is 1.59. The third kappa shape index (κ3) is 3.05. The highest BCUT2D eigenvalue weighted by molar-refractivity contribution is 6.31. The molecule has 5 heteroatoms. The second-order valence-corrected chi connectivity index (χ2v) is 4.40. The van der Waals surface area contributed by atoms with Crippen molar-refractivity contribution >= 4 is 23.2 Å². The van der Waals surface area contributed by atoms with Gasteiger partial charge in [0, 0.05) is 16.3 Å². The van der Waals surface area contributed by atoms with Crippen LogP contribution in [0.15, 0.2) is 34.7 Å². The van der Waals surface area contributed by atoms with E-state index in [-0.39, 0.29) is 5.91 Å². The van der Waals surface area contributed by atoms with Gasteiger partial charge >= 0.3 is 0 Å². The molecule has 18 heavy (non-hydrogen) atoms. The number of amides is 1. The average molecular weight is 265 g/mol. The lowest BCUT2D eigenvalue weighted by atomic mass is 10.2. The van der Waals surface area contributed by atoms with Gasteiger partial charge in [-0.1, -0.05) is 11.6 Å². The molecule has 0 atom stereocenters. The standard InChI is InChI=1S/C13H13ClN2O2/c1-8-2-3-12(18-8)7-16-13(17)9-4-10(14)6-11(15)5-9/h2-6H,7,15H2,1H3,(H,16,17). The van der Waals surface area contributed by atoms with Crippen LogP contribution in [0.4, 0.5) is 5.69 Å². The van der Waals surface area contributed by atoms with E-state index >= 15 is 0 Å². The molecule has 0 aliphatic heterocycles. The van der Waals surface area contributed by atoms with Crippen molar-refractivity contribution < 1.29 is 9.21 Å². The second kappa shape index (κ2) is 5.14. The van der Waals surface area contributed by atoms with Gasteiger partial charge in [0.25, 0.3) is 5.91 Å². The van der Waals surface area contributed by atoms with Gasteiger partial charge in [-0.05, 0) is 37.3 Å². The normalized spacial score (nSPS) is 10.3. The summed E-state index contributed by atoms with van der Waals surface area (Å²) in [5.41, 5.74) is 6.52. The highest BCUT2D eigenvalue weighted by Gasteiger charge is 2.08.